The van der Waals surface area contributed by atoms with Crippen LogP contribution in [-0.4, -0.2) is 38.4 Å². The fourth-order valence-electron chi connectivity index (χ4n) is 3.35. The molecule has 34 heavy (non-hydrogen) atoms. The molecule has 0 N–H and O–H groups in total. The maximum absolute atomic E-state index is 13.4. The van der Waals surface area contributed by atoms with E-state index in [0.29, 0.717) is 12.1 Å². The van der Waals surface area contributed by atoms with Gasteiger partial charge in [0.25, 0.3) is 5.89 Å². The highest BCUT2D eigenvalue weighted by Gasteiger charge is 2.35. The second-order valence-electron chi connectivity index (χ2n) is 7.52. The first-order valence-corrected chi connectivity index (χ1v) is 10.6. The Hall–Kier alpha value is -3.76. The molecule has 0 aliphatic heterocycles. The van der Waals surface area contributed by atoms with Crippen LogP contribution in [0.5, 0.6) is 5.75 Å². The second-order valence-corrected chi connectivity index (χ2v) is 7.52. The molecular weight excluding hydrogens is 453 g/mol. The minimum Gasteiger partial charge on any atom is -0.490 e. The van der Waals surface area contributed by atoms with Gasteiger partial charge >= 0.3 is 6.18 Å². The molecule has 0 atom stereocenters. The molecule has 2 aromatic heterocycles. The van der Waals surface area contributed by atoms with Gasteiger partial charge in [-0.15, -0.1) is 5.10 Å². The van der Waals surface area contributed by atoms with Gasteiger partial charge in [0.15, 0.2) is 0 Å². The van der Waals surface area contributed by atoms with E-state index in [1.54, 1.807) is 16.8 Å². The fraction of sp³-hybridized carbons (Fsp3) is 0.304. The third kappa shape index (κ3) is 5.41. The number of aryl methyl sites for hydroxylation is 1. The molecule has 2 heterocycles. The number of aromatic nitrogens is 5. The number of halogens is 4. The summed E-state index contributed by atoms with van der Waals surface area (Å²) in [4.78, 5) is 4.23. The average Bonchev–Trinajstić information content (AvgIpc) is 3.48. The van der Waals surface area contributed by atoms with Crippen LogP contribution < -0.4 is 4.74 Å². The molecule has 4 rings (SSSR count). The first-order valence-electron chi connectivity index (χ1n) is 10.6. The van der Waals surface area contributed by atoms with Crippen molar-refractivity contribution in [3.05, 3.63) is 65.5 Å². The van der Waals surface area contributed by atoms with E-state index in [0.717, 1.165) is 36.2 Å². The highest BCUT2D eigenvalue weighted by molar-refractivity contribution is 5.62. The lowest BCUT2D eigenvalue weighted by Gasteiger charge is -2.13. The normalized spacial score (nSPS) is 11.7. The first kappa shape index (κ1) is 23.4. The zero-order valence-corrected chi connectivity index (χ0v) is 18.2. The van der Waals surface area contributed by atoms with E-state index in [9.17, 15) is 17.6 Å². The molecule has 0 unspecified atom stereocenters. The van der Waals surface area contributed by atoms with Crippen molar-refractivity contribution >= 4 is 0 Å². The van der Waals surface area contributed by atoms with Crippen LogP contribution in [0, 0.1) is 0 Å². The van der Waals surface area contributed by atoms with Crippen LogP contribution in [0.2, 0.25) is 0 Å². The van der Waals surface area contributed by atoms with E-state index in [1.165, 1.54) is 6.07 Å². The minimum absolute atomic E-state index is 0.0735. The lowest BCUT2D eigenvalue weighted by atomic mass is 10.1. The molecule has 0 radical (unpaired) electrons. The number of benzene rings is 2. The standard InChI is InChI=1S/C23H21F4N5O2/c1-2-3-18-14-32(31-29-18)13-15-4-6-16(7-5-15)21-28-22(34-30-21)17-8-9-20(33-11-10-24)19(12-17)23(25,26)27/h4-9,12,14H,2-3,10-11,13H2,1H3/i24-1. The Labute approximate surface area is 192 Å². The summed E-state index contributed by atoms with van der Waals surface area (Å²) in [5.41, 5.74) is 1.60. The quantitative estimate of drug-likeness (QED) is 0.304. The Morgan fingerprint density at radius 2 is 1.82 bits per heavy atom. The molecule has 0 saturated heterocycles. The number of ether oxygens (including phenoxy) is 1. The van der Waals surface area contributed by atoms with E-state index in [4.69, 9.17) is 9.26 Å². The Bertz CT molecular complexity index is 1230. The van der Waals surface area contributed by atoms with E-state index >= 15 is 0 Å². The summed E-state index contributed by atoms with van der Waals surface area (Å²) in [6.07, 6.45) is -0.917. The van der Waals surface area contributed by atoms with Gasteiger partial charge in [0.1, 0.15) is 19.0 Å². The zero-order chi connectivity index (χ0) is 24.1. The Balaban J connectivity index is 1.51. The average molecular weight is 474 g/mol. The van der Waals surface area contributed by atoms with Crippen LogP contribution in [0.25, 0.3) is 22.8 Å². The Morgan fingerprint density at radius 1 is 1.06 bits per heavy atom. The number of rotatable bonds is 9. The predicted octanol–water partition coefficient (Wildman–Crippen LogP) is 5.36. The smallest absolute Gasteiger partial charge is 0.419 e. The van der Waals surface area contributed by atoms with E-state index in [2.05, 4.69) is 27.4 Å². The molecule has 0 aliphatic carbocycles. The first-order chi connectivity index (χ1) is 16.4. The number of nitrogens with zero attached hydrogens (tertiary/aromatic N) is 5. The summed E-state index contributed by atoms with van der Waals surface area (Å²) < 4.78 is 64.4. The van der Waals surface area contributed by atoms with Crippen LogP contribution in [0.15, 0.2) is 53.2 Å². The molecule has 0 aliphatic rings. The van der Waals surface area contributed by atoms with Gasteiger partial charge in [-0.2, -0.15) is 18.2 Å². The van der Waals surface area contributed by atoms with E-state index < -0.39 is 30.8 Å². The molecule has 0 bridgehead atoms. The van der Waals surface area contributed by atoms with Crippen molar-refractivity contribution in [1.29, 1.82) is 0 Å². The molecular formula is C23H21F4N5O2. The van der Waals surface area contributed by atoms with Crippen molar-refractivity contribution in [3.63, 3.8) is 0 Å². The molecule has 178 valence electrons. The number of hydrogen-bond donors (Lipinski definition) is 0. The van der Waals surface area contributed by atoms with Crippen LogP contribution in [0.4, 0.5) is 17.6 Å². The largest absolute Gasteiger partial charge is 0.490 e. The summed E-state index contributed by atoms with van der Waals surface area (Å²) in [5.74, 6) is -0.301. The maximum atomic E-state index is 13.4. The van der Waals surface area contributed by atoms with Crippen molar-refractivity contribution in [1.82, 2.24) is 25.1 Å². The summed E-state index contributed by atoms with van der Waals surface area (Å²) in [7, 11) is 0. The van der Waals surface area contributed by atoms with Crippen LogP contribution in [0.1, 0.15) is 30.2 Å². The SMILES string of the molecule is CCCc1cn(Cc2ccc(-c3noc(-c4ccc(OCC[18F])c(C(F)(F)F)c4)n3)cc2)nn1. The summed E-state index contributed by atoms with van der Waals surface area (Å²) >= 11 is 0. The van der Waals surface area contributed by atoms with E-state index in [-0.39, 0.29) is 17.3 Å². The second kappa shape index (κ2) is 10.0. The van der Waals surface area contributed by atoms with Crippen molar-refractivity contribution in [3.8, 4) is 28.6 Å². The molecule has 7 nitrogen and oxygen atoms in total. The van der Waals surface area contributed by atoms with Gasteiger partial charge in [0, 0.05) is 17.3 Å². The van der Waals surface area contributed by atoms with Gasteiger partial charge < -0.3 is 9.26 Å². The number of alkyl halides is 4. The van der Waals surface area contributed by atoms with E-state index in [1.807, 2.05) is 18.3 Å². The van der Waals surface area contributed by atoms with Gasteiger partial charge in [0.2, 0.25) is 5.82 Å². The topological polar surface area (TPSA) is 78.9 Å². The van der Waals surface area contributed by atoms with Gasteiger partial charge in [-0.05, 0) is 30.2 Å². The zero-order valence-electron chi connectivity index (χ0n) is 18.2. The van der Waals surface area contributed by atoms with Crippen LogP contribution >= 0.6 is 0 Å². The highest BCUT2D eigenvalue weighted by atomic mass is 19.4. The maximum Gasteiger partial charge on any atom is 0.419 e. The molecule has 0 fully saturated rings. The molecule has 2 aromatic carbocycles. The van der Waals surface area contributed by atoms with Gasteiger partial charge in [0.05, 0.1) is 17.8 Å². The highest BCUT2D eigenvalue weighted by Crippen LogP contribution is 2.38. The lowest BCUT2D eigenvalue weighted by Crippen LogP contribution is -2.10. The lowest BCUT2D eigenvalue weighted by molar-refractivity contribution is -0.138. The molecule has 11 heteroatoms. The molecule has 0 amide bonds. The Morgan fingerprint density at radius 3 is 2.53 bits per heavy atom. The molecule has 4 aromatic rings. The van der Waals surface area contributed by atoms with Crippen molar-refractivity contribution in [2.45, 2.75) is 32.5 Å². The van der Waals surface area contributed by atoms with Gasteiger partial charge in [-0.25, -0.2) is 9.07 Å². The number of hydrogen-bond acceptors (Lipinski definition) is 6. The van der Waals surface area contributed by atoms with Gasteiger partial charge in [-0.1, -0.05) is 48.0 Å². The molecule has 0 saturated carbocycles. The van der Waals surface area contributed by atoms with Gasteiger partial charge in [-0.3, -0.25) is 0 Å². The Kier molecular flexibility index (Phi) is 6.90. The van der Waals surface area contributed by atoms with Crippen molar-refractivity contribution < 1.29 is 26.8 Å². The van der Waals surface area contributed by atoms with Crippen LogP contribution in [0.3, 0.4) is 0 Å². The summed E-state index contributed by atoms with van der Waals surface area (Å²) in [5, 5.41) is 12.1. The van der Waals surface area contributed by atoms with Crippen molar-refractivity contribution in [2.75, 3.05) is 13.3 Å². The summed E-state index contributed by atoms with van der Waals surface area (Å²) in [6.45, 7) is 1.25. The monoisotopic (exact) mass is 474 g/mol. The third-order valence-electron chi connectivity index (χ3n) is 4.94. The van der Waals surface area contributed by atoms with Crippen LogP contribution in [-0.2, 0) is 19.1 Å². The third-order valence-corrected chi connectivity index (χ3v) is 4.94. The molecule has 0 spiro atoms. The predicted molar refractivity (Wildman–Crippen MR) is 115 cm³/mol. The minimum atomic E-state index is -4.69. The fourth-order valence-corrected chi connectivity index (χ4v) is 3.35. The summed E-state index contributed by atoms with van der Waals surface area (Å²) in [6, 6.07) is 10.7. The van der Waals surface area contributed by atoms with Crippen molar-refractivity contribution in [2.24, 2.45) is 0 Å².